The van der Waals surface area contributed by atoms with Gasteiger partial charge in [-0.2, -0.15) is 18.3 Å². The molecule has 0 bridgehead atoms. The van der Waals surface area contributed by atoms with E-state index in [1.54, 1.807) is 30.5 Å². The second-order valence-electron chi connectivity index (χ2n) is 7.20. The molecule has 0 saturated heterocycles. The Balaban J connectivity index is 1.59. The number of hydrogen-bond acceptors (Lipinski definition) is 4. The summed E-state index contributed by atoms with van der Waals surface area (Å²) in [6.45, 7) is 0. The molecule has 6 nitrogen and oxygen atoms in total. The van der Waals surface area contributed by atoms with Gasteiger partial charge in [0, 0.05) is 29.4 Å². The normalized spacial score (nSPS) is 14.1. The maximum absolute atomic E-state index is 13.6. The van der Waals surface area contributed by atoms with Crippen molar-refractivity contribution in [3.8, 4) is 22.6 Å². The summed E-state index contributed by atoms with van der Waals surface area (Å²) in [7, 11) is 0. The molecule has 0 radical (unpaired) electrons. The van der Waals surface area contributed by atoms with E-state index >= 15 is 0 Å². The Morgan fingerprint density at radius 2 is 1.77 bits per heavy atom. The lowest BCUT2D eigenvalue weighted by Crippen LogP contribution is -2.08. The molecule has 1 aromatic carbocycles. The summed E-state index contributed by atoms with van der Waals surface area (Å²) in [6, 6.07) is 12.4. The molecule has 152 valence electrons. The number of nitrogens with zero attached hydrogens (tertiary/aromatic N) is 3. The fourth-order valence-electron chi connectivity index (χ4n) is 3.34. The first-order valence-corrected chi connectivity index (χ1v) is 9.49. The van der Waals surface area contributed by atoms with Crippen molar-refractivity contribution >= 4 is 11.8 Å². The number of alkyl halides is 3. The highest BCUT2D eigenvalue weighted by atomic mass is 19.4. The molecule has 1 aliphatic carbocycles. The van der Waals surface area contributed by atoms with Crippen molar-refractivity contribution < 1.29 is 13.2 Å². The minimum absolute atomic E-state index is 0.0102. The van der Waals surface area contributed by atoms with Crippen LogP contribution in [0.1, 0.15) is 30.0 Å². The number of anilines is 2. The summed E-state index contributed by atoms with van der Waals surface area (Å²) >= 11 is 0. The summed E-state index contributed by atoms with van der Waals surface area (Å²) in [5.41, 5.74) is 1.59. The summed E-state index contributed by atoms with van der Waals surface area (Å²) in [4.78, 5) is 11.9. The van der Waals surface area contributed by atoms with E-state index in [1.807, 2.05) is 6.07 Å². The Bertz CT molecular complexity index is 1180. The fraction of sp³-hybridized carbons (Fsp3) is 0.190. The molecule has 1 fully saturated rings. The largest absolute Gasteiger partial charge is 0.417 e. The number of nitrogens with one attached hydrogen (secondary N) is 3. The first kappa shape index (κ1) is 18.4. The molecule has 0 aliphatic heterocycles. The fourth-order valence-corrected chi connectivity index (χ4v) is 3.34. The molecule has 0 amide bonds. The van der Waals surface area contributed by atoms with E-state index in [4.69, 9.17) is 0 Å². The molecular formula is C21H17F3N6. The molecule has 3 aromatic heterocycles. The predicted molar refractivity (Wildman–Crippen MR) is 106 cm³/mol. The van der Waals surface area contributed by atoms with Crippen LogP contribution in [0.3, 0.4) is 0 Å². The Morgan fingerprint density at radius 1 is 0.967 bits per heavy atom. The highest BCUT2D eigenvalue weighted by molar-refractivity contribution is 5.71. The lowest BCUT2D eigenvalue weighted by molar-refractivity contribution is -0.137. The monoisotopic (exact) mass is 410 g/mol. The number of aromatic nitrogens is 5. The van der Waals surface area contributed by atoms with Gasteiger partial charge in [0.1, 0.15) is 0 Å². The van der Waals surface area contributed by atoms with Gasteiger partial charge >= 0.3 is 6.18 Å². The van der Waals surface area contributed by atoms with Gasteiger partial charge < -0.3 is 10.3 Å². The van der Waals surface area contributed by atoms with Gasteiger partial charge in [-0.25, -0.2) is 9.97 Å². The quantitative estimate of drug-likeness (QED) is 0.406. The maximum atomic E-state index is 13.6. The SMILES string of the molecule is FC(F)(F)c1ccccc1-c1cc(-c2ccc[nH]2)nc(Nc2cc(C3CC3)[nH]n2)n1. The van der Waals surface area contributed by atoms with Gasteiger partial charge in [-0.1, -0.05) is 18.2 Å². The molecule has 0 atom stereocenters. The number of hydrogen-bond donors (Lipinski definition) is 3. The summed E-state index contributed by atoms with van der Waals surface area (Å²) in [5, 5.41) is 10.2. The number of benzene rings is 1. The molecule has 9 heteroatoms. The van der Waals surface area contributed by atoms with E-state index < -0.39 is 11.7 Å². The minimum Gasteiger partial charge on any atom is -0.360 e. The van der Waals surface area contributed by atoms with Crippen LogP contribution >= 0.6 is 0 Å². The Labute approximate surface area is 169 Å². The summed E-state index contributed by atoms with van der Waals surface area (Å²) in [6.07, 6.45) is -0.524. The highest BCUT2D eigenvalue weighted by Crippen LogP contribution is 2.40. The van der Waals surface area contributed by atoms with Crippen LogP contribution in [0.15, 0.2) is 54.7 Å². The number of halogens is 3. The minimum atomic E-state index is -4.50. The third kappa shape index (κ3) is 3.66. The van der Waals surface area contributed by atoms with Gasteiger partial charge in [-0.05, 0) is 37.1 Å². The zero-order valence-corrected chi connectivity index (χ0v) is 15.7. The van der Waals surface area contributed by atoms with Gasteiger partial charge in [0.2, 0.25) is 5.95 Å². The molecule has 4 aromatic rings. The van der Waals surface area contributed by atoms with E-state index in [-0.39, 0.29) is 17.2 Å². The van der Waals surface area contributed by atoms with Crippen LogP contribution in [0.4, 0.5) is 24.9 Å². The van der Waals surface area contributed by atoms with Gasteiger partial charge in [-0.3, -0.25) is 5.10 Å². The smallest absolute Gasteiger partial charge is 0.360 e. The van der Waals surface area contributed by atoms with Crippen molar-refractivity contribution in [3.05, 3.63) is 66.0 Å². The lowest BCUT2D eigenvalue weighted by atomic mass is 10.0. The molecule has 1 saturated carbocycles. The second kappa shape index (κ2) is 7.01. The van der Waals surface area contributed by atoms with Crippen molar-refractivity contribution in [1.82, 2.24) is 25.1 Å². The van der Waals surface area contributed by atoms with Gasteiger partial charge in [0.05, 0.1) is 22.6 Å². The van der Waals surface area contributed by atoms with Gasteiger partial charge in [0.25, 0.3) is 0 Å². The van der Waals surface area contributed by atoms with Crippen molar-refractivity contribution in [1.29, 1.82) is 0 Å². The van der Waals surface area contributed by atoms with E-state index in [2.05, 4.69) is 30.5 Å². The van der Waals surface area contributed by atoms with Crippen LogP contribution in [0.25, 0.3) is 22.6 Å². The molecule has 3 N–H and O–H groups in total. The first-order valence-electron chi connectivity index (χ1n) is 9.49. The third-order valence-electron chi connectivity index (χ3n) is 4.96. The van der Waals surface area contributed by atoms with E-state index in [0.29, 0.717) is 23.1 Å². The molecule has 1 aliphatic rings. The molecular weight excluding hydrogens is 393 g/mol. The first-order chi connectivity index (χ1) is 14.5. The van der Waals surface area contributed by atoms with Gasteiger partial charge in [-0.15, -0.1) is 0 Å². The predicted octanol–water partition coefficient (Wildman–Crippen LogP) is 5.50. The average Bonchev–Trinajstić information content (AvgIpc) is 3.23. The molecule has 0 unspecified atom stereocenters. The molecule has 5 rings (SSSR count). The van der Waals surface area contributed by atoms with E-state index in [0.717, 1.165) is 24.6 Å². The summed E-state index contributed by atoms with van der Waals surface area (Å²) in [5.74, 6) is 1.19. The van der Waals surface area contributed by atoms with Crippen LogP contribution < -0.4 is 5.32 Å². The maximum Gasteiger partial charge on any atom is 0.417 e. The van der Waals surface area contributed by atoms with Crippen molar-refractivity contribution in [3.63, 3.8) is 0 Å². The molecule has 30 heavy (non-hydrogen) atoms. The highest BCUT2D eigenvalue weighted by Gasteiger charge is 2.34. The van der Waals surface area contributed by atoms with Crippen LogP contribution in [-0.2, 0) is 6.18 Å². The van der Waals surface area contributed by atoms with Crippen molar-refractivity contribution in [2.45, 2.75) is 24.9 Å². The van der Waals surface area contributed by atoms with Gasteiger partial charge in [0.15, 0.2) is 5.82 Å². The third-order valence-corrected chi connectivity index (χ3v) is 4.96. The topological polar surface area (TPSA) is 82.3 Å². The van der Waals surface area contributed by atoms with Crippen LogP contribution in [0.2, 0.25) is 0 Å². The summed E-state index contributed by atoms with van der Waals surface area (Å²) < 4.78 is 40.7. The zero-order chi connectivity index (χ0) is 20.7. The number of H-pyrrole nitrogens is 2. The second-order valence-corrected chi connectivity index (χ2v) is 7.20. The van der Waals surface area contributed by atoms with Crippen LogP contribution in [0, 0.1) is 0 Å². The number of aromatic amines is 2. The van der Waals surface area contributed by atoms with Crippen molar-refractivity contribution in [2.75, 3.05) is 5.32 Å². The Hall–Kier alpha value is -3.62. The van der Waals surface area contributed by atoms with E-state index in [9.17, 15) is 13.2 Å². The zero-order valence-electron chi connectivity index (χ0n) is 15.7. The Kier molecular flexibility index (Phi) is 4.30. The average molecular weight is 410 g/mol. The molecule has 3 heterocycles. The number of rotatable bonds is 5. The molecule has 0 spiro atoms. The van der Waals surface area contributed by atoms with Crippen LogP contribution in [-0.4, -0.2) is 25.1 Å². The van der Waals surface area contributed by atoms with E-state index in [1.165, 1.54) is 12.1 Å². The standard InChI is InChI=1S/C21H17F3N6/c22-21(23,24)14-5-2-1-4-13(14)17-10-18(15-6-3-9-25-15)27-20(26-17)28-19-11-16(29-30-19)12-7-8-12/h1-6,9-12,25H,7-8H2,(H2,26,27,28,29,30). The Morgan fingerprint density at radius 3 is 2.50 bits per heavy atom. The lowest BCUT2D eigenvalue weighted by Gasteiger charge is -2.14. The van der Waals surface area contributed by atoms with Crippen LogP contribution in [0.5, 0.6) is 0 Å². The van der Waals surface area contributed by atoms with Crippen molar-refractivity contribution in [2.24, 2.45) is 0 Å².